The van der Waals surface area contributed by atoms with E-state index in [1.165, 1.54) is 0 Å². The summed E-state index contributed by atoms with van der Waals surface area (Å²) in [5, 5.41) is 5.68. The number of hydrogen-bond acceptors (Lipinski definition) is 4. The molecule has 0 aromatic heterocycles. The van der Waals surface area contributed by atoms with E-state index >= 15 is 0 Å². The molecule has 0 bridgehead atoms. The lowest BCUT2D eigenvalue weighted by Gasteiger charge is -2.33. The van der Waals surface area contributed by atoms with Crippen LogP contribution in [0.1, 0.15) is 5.56 Å². The Bertz CT molecular complexity index is 478. The molecule has 0 aliphatic carbocycles. The average Bonchev–Trinajstić information content (AvgIpc) is 2.73. The molecule has 1 amide bonds. The number of rotatable bonds is 2. The summed E-state index contributed by atoms with van der Waals surface area (Å²) in [4.78, 5) is 18.1. The van der Waals surface area contributed by atoms with Crippen LogP contribution in [0.25, 0.3) is 0 Å². The number of alkyl halides is 1. The maximum Gasteiger partial charge on any atom is 0.248 e. The molecular formula is C12H13ClN4O. The zero-order valence-electron chi connectivity index (χ0n) is 9.58. The fraction of sp³-hybridized carbons (Fsp3) is 0.333. The van der Waals surface area contributed by atoms with E-state index in [1.807, 2.05) is 35.2 Å². The number of carbonyl (C=O) groups is 1. The number of benzene rings is 1. The van der Waals surface area contributed by atoms with Crippen molar-refractivity contribution >= 4 is 23.8 Å². The van der Waals surface area contributed by atoms with E-state index in [0.29, 0.717) is 6.54 Å². The maximum atomic E-state index is 11.9. The van der Waals surface area contributed by atoms with Gasteiger partial charge in [0.25, 0.3) is 0 Å². The Labute approximate surface area is 110 Å². The standard InChI is InChI=1S/C12H13ClN4O/c13-12-15-10-9(11(18)16-12)17(7-14-10)6-8-4-2-1-3-5-8/h1-5,7,9-10,12,15H,6H2,(H,16,18). The Morgan fingerprint density at radius 3 is 2.89 bits per heavy atom. The van der Waals surface area contributed by atoms with Crippen molar-refractivity contribution in [2.45, 2.75) is 24.4 Å². The number of amides is 1. The van der Waals surface area contributed by atoms with E-state index in [1.54, 1.807) is 6.34 Å². The minimum atomic E-state index is -0.549. The van der Waals surface area contributed by atoms with E-state index in [9.17, 15) is 4.79 Å². The second-order valence-corrected chi connectivity index (χ2v) is 4.79. The second kappa shape index (κ2) is 4.59. The largest absolute Gasteiger partial charge is 0.343 e. The zero-order valence-corrected chi connectivity index (χ0v) is 10.3. The fourth-order valence-corrected chi connectivity index (χ4v) is 2.49. The van der Waals surface area contributed by atoms with Crippen LogP contribution >= 0.6 is 11.6 Å². The highest BCUT2D eigenvalue weighted by atomic mass is 35.5. The number of carbonyl (C=O) groups excluding carboxylic acids is 1. The second-order valence-electron chi connectivity index (χ2n) is 4.35. The molecule has 18 heavy (non-hydrogen) atoms. The minimum absolute atomic E-state index is 0.0906. The van der Waals surface area contributed by atoms with Gasteiger partial charge in [0.15, 0.2) is 5.62 Å². The molecule has 0 radical (unpaired) electrons. The first-order chi connectivity index (χ1) is 8.74. The van der Waals surface area contributed by atoms with E-state index < -0.39 is 5.62 Å². The summed E-state index contributed by atoms with van der Waals surface area (Å²) in [6, 6.07) is 9.67. The first-order valence-electron chi connectivity index (χ1n) is 5.77. The van der Waals surface area contributed by atoms with Gasteiger partial charge in [0.05, 0.1) is 6.34 Å². The Hall–Kier alpha value is -1.59. The molecule has 0 spiro atoms. The number of nitrogens with one attached hydrogen (secondary N) is 2. The summed E-state index contributed by atoms with van der Waals surface area (Å²) in [7, 11) is 0. The highest BCUT2D eigenvalue weighted by Gasteiger charge is 2.41. The summed E-state index contributed by atoms with van der Waals surface area (Å²) >= 11 is 5.85. The highest BCUT2D eigenvalue weighted by molar-refractivity contribution is 6.21. The van der Waals surface area contributed by atoms with Crippen LogP contribution in [0.15, 0.2) is 35.3 Å². The first-order valence-corrected chi connectivity index (χ1v) is 6.21. The van der Waals surface area contributed by atoms with Gasteiger partial charge in [-0.05, 0) is 5.56 Å². The lowest BCUT2D eigenvalue weighted by Crippen LogP contribution is -2.63. The molecule has 3 unspecified atom stereocenters. The molecule has 0 saturated carbocycles. The molecule has 1 fully saturated rings. The highest BCUT2D eigenvalue weighted by Crippen LogP contribution is 2.19. The van der Waals surface area contributed by atoms with Crippen molar-refractivity contribution in [1.82, 2.24) is 15.5 Å². The summed E-state index contributed by atoms with van der Waals surface area (Å²) < 4.78 is 0. The van der Waals surface area contributed by atoms with Crippen LogP contribution in [0.5, 0.6) is 0 Å². The van der Waals surface area contributed by atoms with Crippen molar-refractivity contribution in [3.05, 3.63) is 35.9 Å². The van der Waals surface area contributed by atoms with Gasteiger partial charge in [-0.1, -0.05) is 41.9 Å². The third-order valence-corrected chi connectivity index (χ3v) is 3.33. The monoisotopic (exact) mass is 264 g/mol. The van der Waals surface area contributed by atoms with E-state index in [-0.39, 0.29) is 18.1 Å². The van der Waals surface area contributed by atoms with Crippen LogP contribution in [0.3, 0.4) is 0 Å². The van der Waals surface area contributed by atoms with Gasteiger partial charge in [-0.2, -0.15) is 0 Å². The molecule has 2 aliphatic heterocycles. The molecule has 3 atom stereocenters. The molecule has 5 nitrogen and oxygen atoms in total. The fourth-order valence-electron chi connectivity index (χ4n) is 2.26. The van der Waals surface area contributed by atoms with Gasteiger partial charge in [-0.15, -0.1) is 0 Å². The van der Waals surface area contributed by atoms with Crippen molar-refractivity contribution in [3.63, 3.8) is 0 Å². The Balaban J connectivity index is 1.75. The van der Waals surface area contributed by atoms with Gasteiger partial charge >= 0.3 is 0 Å². The summed E-state index contributed by atoms with van der Waals surface area (Å²) in [5.41, 5.74) is 0.595. The normalized spacial score (nSPS) is 30.2. The summed E-state index contributed by atoms with van der Waals surface area (Å²) in [6.45, 7) is 0.660. The lowest BCUT2D eigenvalue weighted by molar-refractivity contribution is -0.128. The molecule has 2 N–H and O–H groups in total. The lowest BCUT2D eigenvalue weighted by atomic mass is 10.1. The minimum Gasteiger partial charge on any atom is -0.343 e. The summed E-state index contributed by atoms with van der Waals surface area (Å²) in [5.74, 6) is -0.0906. The van der Waals surface area contributed by atoms with Crippen molar-refractivity contribution in [2.24, 2.45) is 4.99 Å². The van der Waals surface area contributed by atoms with Crippen molar-refractivity contribution in [2.75, 3.05) is 0 Å². The van der Waals surface area contributed by atoms with Crippen LogP contribution in [0.4, 0.5) is 0 Å². The smallest absolute Gasteiger partial charge is 0.248 e. The molecule has 3 rings (SSSR count). The Morgan fingerprint density at radius 1 is 1.33 bits per heavy atom. The van der Waals surface area contributed by atoms with Crippen LogP contribution in [-0.2, 0) is 11.3 Å². The number of hydrogen-bond donors (Lipinski definition) is 2. The number of aliphatic imine (C=N–C) groups is 1. The van der Waals surface area contributed by atoms with Gasteiger partial charge in [0, 0.05) is 6.54 Å². The quantitative estimate of drug-likeness (QED) is 0.603. The van der Waals surface area contributed by atoms with Crippen molar-refractivity contribution in [1.29, 1.82) is 0 Å². The van der Waals surface area contributed by atoms with Crippen LogP contribution in [0.2, 0.25) is 0 Å². The molecule has 2 heterocycles. The molecule has 1 saturated heterocycles. The van der Waals surface area contributed by atoms with E-state index in [0.717, 1.165) is 5.56 Å². The van der Waals surface area contributed by atoms with Gasteiger partial charge in [0.1, 0.15) is 12.2 Å². The average molecular weight is 265 g/mol. The van der Waals surface area contributed by atoms with Crippen molar-refractivity contribution < 1.29 is 4.79 Å². The molecule has 1 aromatic carbocycles. The van der Waals surface area contributed by atoms with Crippen LogP contribution in [-0.4, -0.2) is 35.0 Å². The Kier molecular flexibility index (Phi) is 2.93. The molecule has 94 valence electrons. The number of nitrogens with zero attached hydrogens (tertiary/aromatic N) is 2. The third-order valence-electron chi connectivity index (χ3n) is 3.09. The maximum absolute atomic E-state index is 11.9. The van der Waals surface area contributed by atoms with Crippen LogP contribution < -0.4 is 10.6 Å². The van der Waals surface area contributed by atoms with Crippen LogP contribution in [0, 0.1) is 0 Å². The third kappa shape index (κ3) is 2.07. The summed E-state index contributed by atoms with van der Waals surface area (Å²) in [6.07, 6.45) is 1.45. The molecule has 2 aliphatic rings. The van der Waals surface area contributed by atoms with Crippen molar-refractivity contribution in [3.8, 4) is 0 Å². The van der Waals surface area contributed by atoms with E-state index in [4.69, 9.17) is 11.6 Å². The number of halogens is 1. The number of fused-ring (bicyclic) bond motifs is 1. The first kappa shape index (κ1) is 11.5. The SMILES string of the molecule is O=C1NC(Cl)NC2N=CN(Cc3ccccc3)C12. The topological polar surface area (TPSA) is 56.7 Å². The zero-order chi connectivity index (χ0) is 12.5. The molecule has 6 heteroatoms. The van der Waals surface area contributed by atoms with Gasteiger partial charge in [-0.3, -0.25) is 15.1 Å². The molecular weight excluding hydrogens is 252 g/mol. The Morgan fingerprint density at radius 2 is 2.11 bits per heavy atom. The predicted molar refractivity (Wildman–Crippen MR) is 69.0 cm³/mol. The molecule has 1 aromatic rings. The van der Waals surface area contributed by atoms with Gasteiger partial charge in [0.2, 0.25) is 5.91 Å². The van der Waals surface area contributed by atoms with E-state index in [2.05, 4.69) is 15.6 Å². The van der Waals surface area contributed by atoms with Gasteiger partial charge < -0.3 is 10.2 Å². The predicted octanol–water partition coefficient (Wildman–Crippen LogP) is 0.467. The van der Waals surface area contributed by atoms with Gasteiger partial charge in [-0.25, -0.2) is 0 Å².